The molecular formula is C45H44N2O7S. The van der Waals surface area contributed by atoms with Gasteiger partial charge in [-0.2, -0.15) is 0 Å². The zero-order chi connectivity index (χ0) is 38.7. The van der Waals surface area contributed by atoms with Gasteiger partial charge in [-0.1, -0.05) is 103 Å². The van der Waals surface area contributed by atoms with Crippen LogP contribution in [0, 0.1) is 11.8 Å². The third-order valence-electron chi connectivity index (χ3n) is 10.0. The normalized spacial score (nSPS) is 20.2. The second kappa shape index (κ2) is 18.4. The van der Waals surface area contributed by atoms with E-state index in [0.29, 0.717) is 11.3 Å². The van der Waals surface area contributed by atoms with Crippen molar-refractivity contribution < 1.29 is 33.8 Å². The van der Waals surface area contributed by atoms with E-state index in [1.807, 2.05) is 102 Å². The van der Waals surface area contributed by atoms with Crippen LogP contribution in [0.15, 0.2) is 127 Å². The summed E-state index contributed by atoms with van der Waals surface area (Å²) in [5.41, 5.74) is 4.29. The lowest BCUT2D eigenvalue weighted by atomic mass is 9.89. The van der Waals surface area contributed by atoms with Crippen molar-refractivity contribution in [3.05, 3.63) is 148 Å². The molecule has 55 heavy (non-hydrogen) atoms. The number of likely N-dealkylation sites (N-methyl/N-ethyl adjacent to an activating group) is 1. The first-order valence-corrected chi connectivity index (χ1v) is 19.3. The summed E-state index contributed by atoms with van der Waals surface area (Å²) >= 11 is 1.48. The second-order valence-electron chi connectivity index (χ2n) is 14.0. The van der Waals surface area contributed by atoms with Crippen LogP contribution < -0.4 is 10.1 Å². The number of aliphatic carboxylic acids is 1. The molecule has 0 saturated carbocycles. The highest BCUT2D eigenvalue weighted by Gasteiger charge is 2.36. The highest BCUT2D eigenvalue weighted by molar-refractivity contribution is 7.09. The van der Waals surface area contributed by atoms with Gasteiger partial charge in [0.05, 0.1) is 12.0 Å². The molecule has 0 saturated heterocycles. The summed E-state index contributed by atoms with van der Waals surface area (Å²) in [5.74, 6) is -4.20. The maximum Gasteiger partial charge on any atom is 0.307 e. The van der Waals surface area contributed by atoms with Crippen LogP contribution in [-0.2, 0) is 49.7 Å². The Morgan fingerprint density at radius 3 is 2.05 bits per heavy atom. The summed E-state index contributed by atoms with van der Waals surface area (Å²) in [7, 11) is 1.53. The van der Waals surface area contributed by atoms with Crippen LogP contribution in [0.4, 0.5) is 0 Å². The molecule has 4 atom stereocenters. The molecule has 7 rings (SSSR count). The molecule has 0 fully saturated rings. The number of carboxylic acids is 1. The number of thiophene rings is 1. The Balaban J connectivity index is 1.37. The van der Waals surface area contributed by atoms with Gasteiger partial charge in [0.2, 0.25) is 11.8 Å². The minimum atomic E-state index is -1.13. The van der Waals surface area contributed by atoms with Gasteiger partial charge in [0.25, 0.3) is 0 Å². The van der Waals surface area contributed by atoms with Crippen LogP contribution in [-0.4, -0.2) is 65.1 Å². The van der Waals surface area contributed by atoms with Crippen molar-refractivity contribution in [1.29, 1.82) is 0 Å². The summed E-state index contributed by atoms with van der Waals surface area (Å²) in [5, 5.41) is 15.1. The Labute approximate surface area is 325 Å². The lowest BCUT2D eigenvalue weighted by Crippen LogP contribution is -2.55. The van der Waals surface area contributed by atoms with Crippen LogP contribution in [0.25, 0.3) is 11.1 Å². The molecule has 2 amide bonds. The number of benzene rings is 4. The van der Waals surface area contributed by atoms with Crippen molar-refractivity contribution >= 4 is 40.7 Å². The lowest BCUT2D eigenvalue weighted by Gasteiger charge is -2.32. The summed E-state index contributed by atoms with van der Waals surface area (Å²) in [6.07, 6.45) is 0.223. The van der Waals surface area contributed by atoms with Gasteiger partial charge in [0.1, 0.15) is 18.4 Å². The molecule has 5 aromatic rings. The molecule has 9 nitrogen and oxygen atoms in total. The molecule has 2 aliphatic heterocycles. The SMILES string of the molecule is CN1C(=O)[C@@H](Cc2ccc(-c3ccccc3)cc2)NC(=O)[C@H](Cc2cccs2)CC(=O)COc2ccc(cc2)C[C@@H](C(=O)O)CC(=O)[C@@H]1Cc1ccccc1. The average Bonchev–Trinajstić information content (AvgIpc) is 3.72. The van der Waals surface area contributed by atoms with Gasteiger partial charge in [-0.25, -0.2) is 0 Å². The minimum Gasteiger partial charge on any atom is -0.486 e. The van der Waals surface area contributed by atoms with Gasteiger partial charge in [-0.3, -0.25) is 24.0 Å². The second-order valence-corrected chi connectivity index (χ2v) is 15.1. The molecule has 4 aromatic carbocycles. The number of ketones is 2. The van der Waals surface area contributed by atoms with Crippen molar-refractivity contribution in [3.8, 4) is 16.9 Å². The predicted molar refractivity (Wildman–Crippen MR) is 212 cm³/mol. The molecule has 2 N–H and O–H groups in total. The largest absolute Gasteiger partial charge is 0.486 e. The van der Waals surface area contributed by atoms with E-state index in [9.17, 15) is 29.1 Å². The summed E-state index contributed by atoms with van der Waals surface area (Å²) < 4.78 is 5.78. The zero-order valence-electron chi connectivity index (χ0n) is 30.6. The number of nitrogens with zero attached hydrogens (tertiary/aromatic N) is 1. The third-order valence-corrected chi connectivity index (χ3v) is 10.9. The number of hydrogen-bond donors (Lipinski definition) is 2. The van der Waals surface area contributed by atoms with Gasteiger partial charge < -0.3 is 20.1 Å². The Kier molecular flexibility index (Phi) is 13.0. The van der Waals surface area contributed by atoms with E-state index >= 15 is 0 Å². The standard InChI is InChI=1S/C45H44N2O7S/c1-47-41(25-30-9-4-2-5-10-30)42(49)28-36(45(52)53)23-31-16-20-38(21-17-31)54-29-37(48)26-35(27-39-13-8-22-55-39)43(50)46-40(44(47)51)24-32-14-18-34(19-15-32)33-11-6-3-7-12-33/h2-22,35-36,40-41H,23-29H2,1H3,(H,46,50)(H,52,53)/t35-,36+,40+,41-/m0/s1. The molecule has 0 radical (unpaired) electrons. The molecule has 282 valence electrons. The van der Waals surface area contributed by atoms with Crippen molar-refractivity contribution in [2.75, 3.05) is 13.7 Å². The number of rotatable bonds is 8. The highest BCUT2D eigenvalue weighted by Crippen LogP contribution is 2.24. The lowest BCUT2D eigenvalue weighted by molar-refractivity contribution is -0.146. The quantitative estimate of drug-likeness (QED) is 0.182. The maximum atomic E-state index is 14.7. The Morgan fingerprint density at radius 1 is 0.745 bits per heavy atom. The van der Waals surface area contributed by atoms with Crippen molar-refractivity contribution in [3.63, 3.8) is 0 Å². The van der Waals surface area contributed by atoms with Crippen molar-refractivity contribution in [1.82, 2.24) is 10.2 Å². The number of nitrogens with one attached hydrogen (secondary N) is 1. The highest BCUT2D eigenvalue weighted by atomic mass is 32.1. The van der Waals surface area contributed by atoms with Crippen molar-refractivity contribution in [2.45, 2.75) is 50.6 Å². The van der Waals surface area contributed by atoms with E-state index in [2.05, 4.69) is 5.32 Å². The third kappa shape index (κ3) is 10.6. The number of Topliss-reactive ketones (excluding diaryl/α,β-unsaturated/α-hetero) is 2. The van der Waals surface area contributed by atoms with Crippen LogP contribution in [0.3, 0.4) is 0 Å². The summed E-state index contributed by atoms with van der Waals surface area (Å²) in [6.45, 7) is -0.264. The fraction of sp³-hybridized carbons (Fsp3) is 0.267. The van der Waals surface area contributed by atoms with E-state index in [4.69, 9.17) is 4.74 Å². The first-order valence-electron chi connectivity index (χ1n) is 18.4. The Hall–Kier alpha value is -5.87. The number of ether oxygens (including phenoxy) is 1. The van der Waals surface area contributed by atoms with E-state index < -0.39 is 47.5 Å². The van der Waals surface area contributed by atoms with Crippen LogP contribution in [0.2, 0.25) is 0 Å². The number of amides is 2. The predicted octanol–water partition coefficient (Wildman–Crippen LogP) is 6.63. The van der Waals surface area contributed by atoms with Gasteiger partial charge in [0, 0.05) is 37.1 Å². The molecule has 10 heteroatoms. The van der Waals surface area contributed by atoms with E-state index in [1.54, 1.807) is 24.3 Å². The molecule has 1 aromatic heterocycles. The van der Waals surface area contributed by atoms with E-state index in [-0.39, 0.29) is 50.9 Å². The molecular weight excluding hydrogens is 713 g/mol. The first-order chi connectivity index (χ1) is 26.6. The van der Waals surface area contributed by atoms with Gasteiger partial charge in [0.15, 0.2) is 11.6 Å². The minimum absolute atomic E-state index is 0.0814. The van der Waals surface area contributed by atoms with E-state index in [0.717, 1.165) is 27.1 Å². The van der Waals surface area contributed by atoms with E-state index in [1.165, 1.54) is 23.3 Å². The average molecular weight is 757 g/mol. The van der Waals surface area contributed by atoms with Crippen molar-refractivity contribution in [2.24, 2.45) is 11.8 Å². The van der Waals surface area contributed by atoms with Crippen LogP contribution in [0.1, 0.15) is 34.4 Å². The number of carboxylic acid groups (broad SMARTS) is 1. The Morgan fingerprint density at radius 2 is 1.40 bits per heavy atom. The van der Waals surface area contributed by atoms with Gasteiger partial charge in [-0.05, 0) is 70.7 Å². The number of hydrogen-bond acceptors (Lipinski definition) is 7. The molecule has 3 heterocycles. The fourth-order valence-electron chi connectivity index (χ4n) is 6.95. The molecule has 0 aliphatic carbocycles. The molecule has 0 unspecified atom stereocenters. The topological polar surface area (TPSA) is 130 Å². The molecule has 2 bridgehead atoms. The van der Waals surface area contributed by atoms with Gasteiger partial charge in [-0.15, -0.1) is 11.3 Å². The number of carbonyl (C=O) groups is 5. The fourth-order valence-corrected chi connectivity index (χ4v) is 7.74. The monoisotopic (exact) mass is 756 g/mol. The molecule has 2 aliphatic rings. The molecule has 0 spiro atoms. The number of fused-ring (bicyclic) bond motifs is 16. The maximum absolute atomic E-state index is 14.7. The Bertz CT molecular complexity index is 2070. The summed E-state index contributed by atoms with van der Waals surface area (Å²) in [6, 6.07) is 35.3. The first kappa shape index (κ1) is 38.8. The van der Waals surface area contributed by atoms with Crippen LogP contribution in [0.5, 0.6) is 5.75 Å². The van der Waals surface area contributed by atoms with Gasteiger partial charge >= 0.3 is 5.97 Å². The zero-order valence-corrected chi connectivity index (χ0v) is 31.5. The number of carbonyl (C=O) groups excluding carboxylic acids is 4. The summed E-state index contributed by atoms with van der Waals surface area (Å²) in [4.78, 5) is 71.4. The van der Waals surface area contributed by atoms with Crippen LogP contribution >= 0.6 is 11.3 Å². The smallest absolute Gasteiger partial charge is 0.307 e.